The molecule has 2 heterocycles. The van der Waals surface area contributed by atoms with Gasteiger partial charge in [-0.25, -0.2) is 0 Å². The molecule has 4 nitrogen and oxygen atoms in total. The van der Waals surface area contributed by atoms with E-state index in [1.807, 2.05) is 18.3 Å². The highest BCUT2D eigenvalue weighted by atomic mass is 79.9. The Morgan fingerprint density at radius 3 is 2.85 bits per heavy atom. The Morgan fingerprint density at radius 2 is 2.10 bits per heavy atom. The van der Waals surface area contributed by atoms with Crippen molar-refractivity contribution < 1.29 is 5.11 Å². The van der Waals surface area contributed by atoms with Gasteiger partial charge in [-0.15, -0.1) is 0 Å². The summed E-state index contributed by atoms with van der Waals surface area (Å²) in [5, 5.41) is 14.3. The van der Waals surface area contributed by atoms with Gasteiger partial charge >= 0.3 is 0 Å². The number of rotatable bonds is 3. The van der Waals surface area contributed by atoms with Gasteiger partial charge in [0.15, 0.2) is 0 Å². The Labute approximate surface area is 126 Å². The quantitative estimate of drug-likeness (QED) is 0.899. The van der Waals surface area contributed by atoms with Crippen molar-refractivity contribution in [3.63, 3.8) is 0 Å². The van der Waals surface area contributed by atoms with Crippen molar-refractivity contribution in [1.29, 1.82) is 0 Å². The molecule has 0 saturated carbocycles. The Kier molecular flexibility index (Phi) is 4.31. The van der Waals surface area contributed by atoms with Crippen LogP contribution in [-0.2, 0) is 0 Å². The zero-order valence-corrected chi connectivity index (χ0v) is 12.8. The molecule has 1 fully saturated rings. The van der Waals surface area contributed by atoms with Crippen LogP contribution < -0.4 is 5.32 Å². The molecule has 2 N–H and O–H groups in total. The number of nitrogens with zero attached hydrogens (tertiary/aromatic N) is 2. The third-order valence-corrected chi connectivity index (χ3v) is 4.56. The number of aromatic nitrogens is 1. The first-order chi connectivity index (χ1) is 9.81. The Morgan fingerprint density at radius 1 is 1.30 bits per heavy atom. The number of hydrogen-bond donors (Lipinski definition) is 2. The fraction of sp³-hybridized carbons (Fsp3) is 0.400. The smallest absolute Gasteiger partial charge is 0.0762 e. The van der Waals surface area contributed by atoms with Gasteiger partial charge in [-0.2, -0.15) is 0 Å². The van der Waals surface area contributed by atoms with Gasteiger partial charge in [-0.05, 0) is 17.7 Å². The van der Waals surface area contributed by atoms with Crippen LogP contribution in [0.5, 0.6) is 0 Å². The van der Waals surface area contributed by atoms with Crippen LogP contribution in [0.4, 0.5) is 0 Å². The van der Waals surface area contributed by atoms with Gasteiger partial charge < -0.3 is 10.4 Å². The van der Waals surface area contributed by atoms with Crippen molar-refractivity contribution in [2.75, 3.05) is 32.8 Å². The third kappa shape index (κ3) is 2.59. The van der Waals surface area contributed by atoms with E-state index in [1.54, 1.807) is 0 Å². The maximum atomic E-state index is 9.86. The Hall–Kier alpha value is -1.01. The molecule has 20 heavy (non-hydrogen) atoms. The highest BCUT2D eigenvalue weighted by molar-refractivity contribution is 9.10. The molecule has 1 aliphatic rings. The minimum absolute atomic E-state index is 0.0163. The molecular weight excluding hydrogens is 318 g/mol. The maximum absolute atomic E-state index is 9.86. The van der Waals surface area contributed by atoms with Crippen LogP contribution in [0.25, 0.3) is 10.9 Å². The van der Waals surface area contributed by atoms with Gasteiger partial charge in [-0.3, -0.25) is 9.88 Å². The molecule has 0 radical (unpaired) electrons. The largest absolute Gasteiger partial charge is 0.394 e. The topological polar surface area (TPSA) is 48.4 Å². The van der Waals surface area contributed by atoms with Crippen molar-refractivity contribution in [2.24, 2.45) is 0 Å². The van der Waals surface area contributed by atoms with Gasteiger partial charge in [0.2, 0.25) is 0 Å². The summed E-state index contributed by atoms with van der Waals surface area (Å²) >= 11 is 3.57. The molecule has 1 aliphatic heterocycles. The SMILES string of the molecule is OCC(c1ccc(Br)c2cccnc12)N1CCNCC1. The number of piperazine rings is 1. The number of nitrogens with one attached hydrogen (secondary N) is 1. The molecule has 2 aromatic rings. The molecule has 1 aromatic heterocycles. The normalized spacial score (nSPS) is 18.3. The fourth-order valence-electron chi connectivity index (χ4n) is 2.83. The lowest BCUT2D eigenvalue weighted by Gasteiger charge is -2.34. The second-order valence-corrected chi connectivity index (χ2v) is 5.87. The molecule has 1 aromatic carbocycles. The summed E-state index contributed by atoms with van der Waals surface area (Å²) < 4.78 is 1.04. The van der Waals surface area contributed by atoms with Crippen molar-refractivity contribution in [3.8, 4) is 0 Å². The molecule has 0 bridgehead atoms. The summed E-state index contributed by atoms with van der Waals surface area (Å²) in [4.78, 5) is 6.85. The number of halogens is 1. The average molecular weight is 336 g/mol. The molecule has 106 valence electrons. The predicted octanol–water partition coefficient (Wildman–Crippen LogP) is 1.94. The van der Waals surface area contributed by atoms with Gasteiger partial charge in [0.1, 0.15) is 0 Å². The Balaban J connectivity index is 2.05. The molecule has 0 amide bonds. The minimum atomic E-state index is 0.0163. The molecule has 0 aliphatic carbocycles. The molecule has 1 saturated heterocycles. The highest BCUT2D eigenvalue weighted by Crippen LogP contribution is 2.31. The second-order valence-electron chi connectivity index (χ2n) is 5.02. The molecule has 5 heteroatoms. The number of aliphatic hydroxyl groups excluding tert-OH is 1. The van der Waals surface area contributed by atoms with Crippen LogP contribution in [0.1, 0.15) is 11.6 Å². The predicted molar refractivity (Wildman–Crippen MR) is 83.7 cm³/mol. The van der Waals surface area contributed by atoms with E-state index in [9.17, 15) is 5.11 Å². The van der Waals surface area contributed by atoms with Gasteiger partial charge in [-0.1, -0.05) is 28.1 Å². The first-order valence-electron chi connectivity index (χ1n) is 6.90. The summed E-state index contributed by atoms with van der Waals surface area (Å²) in [6.45, 7) is 3.97. The number of benzene rings is 1. The van der Waals surface area contributed by atoms with Crippen molar-refractivity contribution >= 4 is 26.8 Å². The molecule has 0 spiro atoms. The summed E-state index contributed by atoms with van der Waals surface area (Å²) in [5.74, 6) is 0. The van der Waals surface area contributed by atoms with Crippen LogP contribution >= 0.6 is 15.9 Å². The van der Waals surface area contributed by atoms with Crippen LogP contribution in [0.15, 0.2) is 34.9 Å². The lowest BCUT2D eigenvalue weighted by Crippen LogP contribution is -2.46. The highest BCUT2D eigenvalue weighted by Gasteiger charge is 2.23. The summed E-state index contributed by atoms with van der Waals surface area (Å²) in [6, 6.07) is 8.13. The van der Waals surface area contributed by atoms with Crippen LogP contribution in [0, 0.1) is 0 Å². The standard InChI is InChI=1S/C15H18BrN3O/c16-13-4-3-12(15-11(13)2-1-5-18-15)14(10-20)19-8-6-17-7-9-19/h1-5,14,17,20H,6-10H2. The lowest BCUT2D eigenvalue weighted by atomic mass is 10.0. The summed E-state index contributed by atoms with van der Waals surface area (Å²) in [6.07, 6.45) is 1.81. The summed E-state index contributed by atoms with van der Waals surface area (Å²) in [5.41, 5.74) is 2.08. The van der Waals surface area contributed by atoms with E-state index in [1.165, 1.54) is 0 Å². The lowest BCUT2D eigenvalue weighted by molar-refractivity contribution is 0.111. The monoisotopic (exact) mass is 335 g/mol. The number of aliphatic hydroxyl groups is 1. The van der Waals surface area contributed by atoms with E-state index in [4.69, 9.17) is 0 Å². The fourth-order valence-corrected chi connectivity index (χ4v) is 3.29. The van der Waals surface area contributed by atoms with E-state index in [2.05, 4.69) is 43.3 Å². The van der Waals surface area contributed by atoms with Crippen LogP contribution in [0.3, 0.4) is 0 Å². The molecular formula is C15H18BrN3O. The van der Waals surface area contributed by atoms with Crippen molar-refractivity contribution in [1.82, 2.24) is 15.2 Å². The van der Waals surface area contributed by atoms with Gasteiger partial charge in [0.05, 0.1) is 18.2 Å². The van der Waals surface area contributed by atoms with Crippen molar-refractivity contribution in [3.05, 3.63) is 40.5 Å². The molecule has 1 unspecified atom stereocenters. The molecule has 3 rings (SSSR count). The Bertz CT molecular complexity index is 599. The zero-order valence-electron chi connectivity index (χ0n) is 11.2. The van der Waals surface area contributed by atoms with E-state index in [-0.39, 0.29) is 12.6 Å². The first-order valence-corrected chi connectivity index (χ1v) is 7.69. The number of fused-ring (bicyclic) bond motifs is 1. The van der Waals surface area contributed by atoms with E-state index < -0.39 is 0 Å². The zero-order chi connectivity index (χ0) is 13.9. The first kappa shape index (κ1) is 13.9. The van der Waals surface area contributed by atoms with Crippen LogP contribution in [0.2, 0.25) is 0 Å². The second kappa shape index (κ2) is 6.18. The number of pyridine rings is 1. The van der Waals surface area contributed by atoms with Gasteiger partial charge in [0, 0.05) is 42.2 Å². The average Bonchev–Trinajstić information content (AvgIpc) is 2.52. The van der Waals surface area contributed by atoms with Crippen molar-refractivity contribution in [2.45, 2.75) is 6.04 Å². The summed E-state index contributed by atoms with van der Waals surface area (Å²) in [7, 11) is 0. The minimum Gasteiger partial charge on any atom is -0.394 e. The third-order valence-electron chi connectivity index (χ3n) is 3.87. The molecule has 1 atom stereocenters. The van der Waals surface area contributed by atoms with E-state index in [0.29, 0.717) is 0 Å². The maximum Gasteiger partial charge on any atom is 0.0762 e. The van der Waals surface area contributed by atoms with Crippen LogP contribution in [-0.4, -0.2) is 47.8 Å². The van der Waals surface area contributed by atoms with E-state index >= 15 is 0 Å². The van der Waals surface area contributed by atoms with E-state index in [0.717, 1.165) is 47.1 Å². The van der Waals surface area contributed by atoms with Gasteiger partial charge in [0.25, 0.3) is 0 Å². The number of hydrogen-bond acceptors (Lipinski definition) is 4.